The third kappa shape index (κ3) is 4.75. The molecule has 1 N–H and O–H groups in total. The van der Waals surface area contributed by atoms with Gasteiger partial charge in [0.2, 0.25) is 0 Å². The van der Waals surface area contributed by atoms with E-state index in [0.717, 1.165) is 12.1 Å². The fourth-order valence-electron chi connectivity index (χ4n) is 1.41. The summed E-state index contributed by atoms with van der Waals surface area (Å²) < 4.78 is 41.9. The summed E-state index contributed by atoms with van der Waals surface area (Å²) in [5.74, 6) is 0. The van der Waals surface area contributed by atoms with Crippen molar-refractivity contribution in [2.45, 2.75) is 25.6 Å². The minimum Gasteiger partial charge on any atom is -0.390 e. The van der Waals surface area contributed by atoms with Gasteiger partial charge in [-0.25, -0.2) is 0 Å². The Bertz CT molecular complexity index is 333. The zero-order valence-electron chi connectivity index (χ0n) is 9.50. The van der Waals surface area contributed by atoms with E-state index in [1.54, 1.807) is 0 Å². The van der Waals surface area contributed by atoms with Crippen LogP contribution in [0.3, 0.4) is 0 Å². The molecule has 5 heteroatoms. The third-order valence-corrected chi connectivity index (χ3v) is 2.27. The van der Waals surface area contributed by atoms with Crippen molar-refractivity contribution in [2.75, 3.05) is 13.2 Å². The molecule has 96 valence electrons. The lowest BCUT2D eigenvalue weighted by molar-refractivity contribution is -0.137. The first-order chi connectivity index (χ1) is 7.93. The van der Waals surface area contributed by atoms with Crippen molar-refractivity contribution in [3.05, 3.63) is 35.4 Å². The molecule has 0 aliphatic carbocycles. The van der Waals surface area contributed by atoms with Crippen LogP contribution >= 0.6 is 0 Å². The van der Waals surface area contributed by atoms with Crippen LogP contribution in [0, 0.1) is 0 Å². The predicted molar refractivity (Wildman–Crippen MR) is 57.6 cm³/mol. The molecular weight excluding hydrogens is 233 g/mol. The molecule has 1 aromatic rings. The van der Waals surface area contributed by atoms with E-state index >= 15 is 0 Å². The van der Waals surface area contributed by atoms with Crippen molar-refractivity contribution in [2.24, 2.45) is 0 Å². The Morgan fingerprint density at radius 1 is 1.24 bits per heavy atom. The van der Waals surface area contributed by atoms with Crippen molar-refractivity contribution < 1.29 is 23.0 Å². The van der Waals surface area contributed by atoms with E-state index in [1.165, 1.54) is 12.1 Å². The average Bonchev–Trinajstić information content (AvgIpc) is 2.26. The van der Waals surface area contributed by atoms with Gasteiger partial charge in [-0.2, -0.15) is 13.2 Å². The zero-order chi connectivity index (χ0) is 12.9. The van der Waals surface area contributed by atoms with E-state index < -0.39 is 17.8 Å². The van der Waals surface area contributed by atoms with Crippen LogP contribution in [-0.2, 0) is 17.3 Å². The zero-order valence-corrected chi connectivity index (χ0v) is 9.50. The Labute approximate surface area is 98.0 Å². The molecule has 0 bridgehead atoms. The van der Waals surface area contributed by atoms with Crippen LogP contribution in [0.1, 0.15) is 18.1 Å². The second kappa shape index (κ2) is 6.02. The summed E-state index contributed by atoms with van der Waals surface area (Å²) in [6, 6.07) is 4.78. The van der Waals surface area contributed by atoms with Crippen LogP contribution in [0.5, 0.6) is 0 Å². The van der Waals surface area contributed by atoms with Crippen LogP contribution in [0.25, 0.3) is 0 Å². The summed E-state index contributed by atoms with van der Waals surface area (Å²) in [4.78, 5) is 0. The number of hydrogen-bond donors (Lipinski definition) is 1. The number of aliphatic hydroxyl groups excluding tert-OH is 1. The van der Waals surface area contributed by atoms with E-state index in [0.29, 0.717) is 12.2 Å². The molecular formula is C12H15F3O2. The predicted octanol–water partition coefficient (Wildman–Crippen LogP) is 2.65. The van der Waals surface area contributed by atoms with Crippen molar-refractivity contribution >= 4 is 0 Å². The maximum Gasteiger partial charge on any atom is 0.416 e. The Balaban J connectivity index is 2.56. The summed E-state index contributed by atoms with van der Waals surface area (Å²) in [5.41, 5.74) is -0.0225. The molecule has 0 saturated carbocycles. The van der Waals surface area contributed by atoms with Gasteiger partial charge in [-0.05, 0) is 24.6 Å². The number of ether oxygens (including phenoxy) is 1. The van der Waals surface area contributed by atoms with Crippen molar-refractivity contribution in [3.63, 3.8) is 0 Å². The van der Waals surface area contributed by atoms with Crippen molar-refractivity contribution in [1.29, 1.82) is 0 Å². The minimum absolute atomic E-state index is 0.192. The number of rotatable bonds is 5. The minimum atomic E-state index is -4.32. The van der Waals surface area contributed by atoms with Crippen LogP contribution in [0.4, 0.5) is 13.2 Å². The van der Waals surface area contributed by atoms with Gasteiger partial charge in [0, 0.05) is 13.0 Å². The highest BCUT2D eigenvalue weighted by atomic mass is 19.4. The largest absolute Gasteiger partial charge is 0.416 e. The molecule has 1 rings (SSSR count). The molecule has 0 aromatic heterocycles. The molecule has 0 aliphatic heterocycles. The molecule has 0 spiro atoms. The quantitative estimate of drug-likeness (QED) is 0.868. The van der Waals surface area contributed by atoms with Gasteiger partial charge in [0.15, 0.2) is 0 Å². The number of hydrogen-bond acceptors (Lipinski definition) is 2. The van der Waals surface area contributed by atoms with Crippen LogP contribution in [0.15, 0.2) is 24.3 Å². The van der Waals surface area contributed by atoms with E-state index in [1.807, 2.05) is 6.92 Å². The number of benzene rings is 1. The number of alkyl halides is 3. The molecule has 2 nitrogen and oxygen atoms in total. The van der Waals surface area contributed by atoms with Gasteiger partial charge in [0.1, 0.15) is 0 Å². The first-order valence-electron chi connectivity index (χ1n) is 5.35. The lowest BCUT2D eigenvalue weighted by atomic mass is 10.1. The first-order valence-corrected chi connectivity index (χ1v) is 5.35. The van der Waals surface area contributed by atoms with E-state index in [9.17, 15) is 18.3 Å². The van der Waals surface area contributed by atoms with E-state index in [2.05, 4.69) is 0 Å². The summed E-state index contributed by atoms with van der Waals surface area (Å²) in [7, 11) is 0. The highest BCUT2D eigenvalue weighted by Crippen LogP contribution is 2.29. The van der Waals surface area contributed by atoms with Gasteiger partial charge < -0.3 is 9.84 Å². The molecule has 0 fully saturated rings. The summed E-state index contributed by atoms with van der Waals surface area (Å²) in [6.07, 6.45) is -4.72. The molecule has 0 saturated heterocycles. The summed E-state index contributed by atoms with van der Waals surface area (Å²) in [6.45, 7) is 2.51. The summed E-state index contributed by atoms with van der Waals surface area (Å²) in [5, 5.41) is 9.52. The maximum atomic E-state index is 12.3. The number of halogens is 3. The van der Waals surface area contributed by atoms with Crippen LogP contribution in [0.2, 0.25) is 0 Å². The maximum absolute atomic E-state index is 12.3. The van der Waals surface area contributed by atoms with E-state index in [-0.39, 0.29) is 13.0 Å². The lowest BCUT2D eigenvalue weighted by Crippen LogP contribution is -2.18. The van der Waals surface area contributed by atoms with Gasteiger partial charge in [-0.15, -0.1) is 0 Å². The summed E-state index contributed by atoms with van der Waals surface area (Å²) >= 11 is 0. The van der Waals surface area contributed by atoms with Crippen LogP contribution in [-0.4, -0.2) is 24.4 Å². The fourth-order valence-corrected chi connectivity index (χ4v) is 1.41. The van der Waals surface area contributed by atoms with Gasteiger partial charge in [0.05, 0.1) is 18.3 Å². The topological polar surface area (TPSA) is 29.5 Å². The lowest BCUT2D eigenvalue weighted by Gasteiger charge is -2.11. The Hall–Kier alpha value is -1.07. The standard InChI is InChI=1S/C12H15F3O2/c1-2-17-8-11(16)7-9-3-5-10(6-4-9)12(13,14)15/h3-6,11,16H,2,7-8H2,1H3. The van der Waals surface area contributed by atoms with Gasteiger partial charge in [-0.1, -0.05) is 12.1 Å². The third-order valence-electron chi connectivity index (χ3n) is 2.27. The highest BCUT2D eigenvalue weighted by molar-refractivity contribution is 5.25. The van der Waals surface area contributed by atoms with Gasteiger partial charge in [-0.3, -0.25) is 0 Å². The van der Waals surface area contributed by atoms with Crippen molar-refractivity contribution in [1.82, 2.24) is 0 Å². The van der Waals surface area contributed by atoms with E-state index in [4.69, 9.17) is 4.74 Å². The molecule has 0 aliphatic rings. The Kier molecular flexibility index (Phi) is 4.96. The smallest absolute Gasteiger partial charge is 0.390 e. The van der Waals surface area contributed by atoms with Crippen LogP contribution < -0.4 is 0 Å². The monoisotopic (exact) mass is 248 g/mol. The molecule has 1 atom stereocenters. The van der Waals surface area contributed by atoms with Gasteiger partial charge >= 0.3 is 6.18 Å². The fraction of sp³-hybridized carbons (Fsp3) is 0.500. The Morgan fingerprint density at radius 3 is 2.29 bits per heavy atom. The molecule has 0 radical (unpaired) electrons. The molecule has 1 unspecified atom stereocenters. The van der Waals surface area contributed by atoms with Crippen molar-refractivity contribution in [3.8, 4) is 0 Å². The second-order valence-corrected chi connectivity index (χ2v) is 3.71. The highest BCUT2D eigenvalue weighted by Gasteiger charge is 2.29. The molecule has 0 amide bonds. The molecule has 1 aromatic carbocycles. The molecule has 17 heavy (non-hydrogen) atoms. The normalized spacial score (nSPS) is 13.7. The molecule has 0 heterocycles. The van der Waals surface area contributed by atoms with Gasteiger partial charge in [0.25, 0.3) is 0 Å². The second-order valence-electron chi connectivity index (χ2n) is 3.71. The number of aliphatic hydroxyl groups is 1. The Morgan fingerprint density at radius 2 is 1.82 bits per heavy atom. The SMILES string of the molecule is CCOCC(O)Cc1ccc(C(F)(F)F)cc1. The average molecular weight is 248 g/mol. The first kappa shape index (κ1) is 14.0.